The molecule has 4 aromatic rings. The molecule has 2 aromatic carbocycles. The summed E-state index contributed by atoms with van der Waals surface area (Å²) in [6.07, 6.45) is 4.09. The standard InChI is InChI=1S/C28H27N7O6/c1-3-21(36)41-34-12-4-5-17(13-34)35-27-22(26(29)30-14-31-27)23(33-35)19-10-11-20(25-24(19)39-15-40-25)32-28(37)16-6-8-18(38-2)9-7-16/h3,6-11,14,17H,1,4-5,12-13,15H2,2H3,(H,32,37)(H2,29,30,31)/t17-/m1/s1. The number of fused-ring (bicyclic) bond motifs is 2. The van der Waals surface area contributed by atoms with Crippen molar-refractivity contribution < 1.29 is 28.6 Å². The maximum absolute atomic E-state index is 12.9. The molecule has 0 unspecified atom stereocenters. The van der Waals surface area contributed by atoms with Crippen molar-refractivity contribution in [1.29, 1.82) is 0 Å². The van der Waals surface area contributed by atoms with Crippen molar-refractivity contribution in [2.45, 2.75) is 18.9 Å². The molecule has 13 nitrogen and oxygen atoms in total. The van der Waals surface area contributed by atoms with E-state index in [-0.39, 0.29) is 24.6 Å². The number of benzene rings is 2. The number of nitrogens with two attached hydrogens (primary N) is 1. The molecule has 4 heterocycles. The molecule has 41 heavy (non-hydrogen) atoms. The number of carbonyl (C=O) groups is 2. The van der Waals surface area contributed by atoms with Gasteiger partial charge >= 0.3 is 5.97 Å². The maximum atomic E-state index is 12.9. The number of methoxy groups -OCH3 is 1. The number of hydroxylamine groups is 2. The summed E-state index contributed by atoms with van der Waals surface area (Å²) in [5.74, 6) is 0.864. The number of nitrogens with zero attached hydrogens (tertiary/aromatic N) is 5. The van der Waals surface area contributed by atoms with Crippen molar-refractivity contribution in [3.05, 3.63) is 60.9 Å². The van der Waals surface area contributed by atoms with Crippen molar-refractivity contribution in [3.63, 3.8) is 0 Å². The number of piperidine rings is 1. The van der Waals surface area contributed by atoms with E-state index >= 15 is 0 Å². The molecule has 1 atom stereocenters. The number of aromatic nitrogens is 4. The molecule has 2 aliphatic rings. The fourth-order valence-electron chi connectivity index (χ4n) is 5.02. The zero-order chi connectivity index (χ0) is 28.5. The molecule has 1 saturated heterocycles. The first kappa shape index (κ1) is 26.1. The summed E-state index contributed by atoms with van der Waals surface area (Å²) in [4.78, 5) is 38.8. The van der Waals surface area contributed by atoms with Gasteiger partial charge in [0.15, 0.2) is 17.1 Å². The molecule has 0 radical (unpaired) electrons. The quantitative estimate of drug-likeness (QED) is 0.321. The molecular weight excluding hydrogens is 530 g/mol. The molecule has 0 bridgehead atoms. The minimum Gasteiger partial charge on any atom is -0.497 e. The van der Waals surface area contributed by atoms with Gasteiger partial charge in [-0.25, -0.2) is 19.4 Å². The van der Waals surface area contributed by atoms with Gasteiger partial charge in [0.2, 0.25) is 6.79 Å². The molecule has 1 amide bonds. The molecule has 0 saturated carbocycles. The first-order valence-corrected chi connectivity index (χ1v) is 12.9. The van der Waals surface area contributed by atoms with Crippen LogP contribution >= 0.6 is 0 Å². The van der Waals surface area contributed by atoms with Crippen LogP contribution in [0.25, 0.3) is 22.3 Å². The van der Waals surface area contributed by atoms with Crippen molar-refractivity contribution >= 4 is 34.4 Å². The van der Waals surface area contributed by atoms with E-state index in [1.807, 2.05) is 0 Å². The fourth-order valence-corrected chi connectivity index (χ4v) is 5.02. The van der Waals surface area contributed by atoms with Gasteiger partial charge in [0.05, 0.1) is 30.8 Å². The van der Waals surface area contributed by atoms with Crippen LogP contribution in [0, 0.1) is 0 Å². The number of nitrogen functional groups attached to an aromatic ring is 1. The Hall–Kier alpha value is -5.17. The van der Waals surface area contributed by atoms with Gasteiger partial charge in [-0.2, -0.15) is 5.10 Å². The largest absolute Gasteiger partial charge is 0.497 e. The lowest BCUT2D eigenvalue weighted by atomic mass is 10.1. The molecule has 13 heteroatoms. The highest BCUT2D eigenvalue weighted by Gasteiger charge is 2.31. The van der Waals surface area contributed by atoms with Gasteiger partial charge in [0.1, 0.15) is 23.6 Å². The first-order chi connectivity index (χ1) is 20.0. The summed E-state index contributed by atoms with van der Waals surface area (Å²) in [5.41, 5.74) is 8.90. The maximum Gasteiger partial charge on any atom is 0.349 e. The zero-order valence-corrected chi connectivity index (χ0v) is 22.2. The van der Waals surface area contributed by atoms with Gasteiger partial charge in [0.25, 0.3) is 5.91 Å². The van der Waals surface area contributed by atoms with E-state index in [0.29, 0.717) is 63.9 Å². The molecule has 3 N–H and O–H groups in total. The molecule has 6 rings (SSSR count). The summed E-state index contributed by atoms with van der Waals surface area (Å²) in [5, 5.41) is 9.97. The van der Waals surface area contributed by atoms with Crippen LogP contribution in [0.4, 0.5) is 11.5 Å². The van der Waals surface area contributed by atoms with Crippen LogP contribution in [-0.2, 0) is 9.63 Å². The van der Waals surface area contributed by atoms with Gasteiger partial charge in [-0.3, -0.25) is 4.79 Å². The second-order valence-electron chi connectivity index (χ2n) is 9.46. The molecule has 1 fully saturated rings. The van der Waals surface area contributed by atoms with E-state index in [2.05, 4.69) is 21.9 Å². The van der Waals surface area contributed by atoms with Crippen LogP contribution in [0.15, 0.2) is 55.4 Å². The van der Waals surface area contributed by atoms with E-state index in [1.165, 1.54) is 6.33 Å². The Bertz CT molecular complexity index is 1650. The average molecular weight is 558 g/mol. The number of ether oxygens (including phenoxy) is 3. The number of rotatable bonds is 7. The van der Waals surface area contributed by atoms with Gasteiger partial charge < -0.3 is 30.1 Å². The van der Waals surface area contributed by atoms with Crippen LogP contribution in [0.3, 0.4) is 0 Å². The molecule has 0 spiro atoms. The van der Waals surface area contributed by atoms with Crippen molar-refractivity contribution in [2.75, 3.05) is 38.0 Å². The van der Waals surface area contributed by atoms with Crippen LogP contribution in [-0.4, -0.2) is 63.7 Å². The monoisotopic (exact) mass is 557 g/mol. The van der Waals surface area contributed by atoms with Crippen molar-refractivity contribution in [2.24, 2.45) is 0 Å². The van der Waals surface area contributed by atoms with Gasteiger partial charge in [-0.15, -0.1) is 5.06 Å². The van der Waals surface area contributed by atoms with E-state index in [9.17, 15) is 9.59 Å². The number of nitrogens with one attached hydrogen (secondary N) is 1. The topological polar surface area (TPSA) is 156 Å². The zero-order valence-electron chi connectivity index (χ0n) is 22.2. The predicted molar refractivity (Wildman–Crippen MR) is 148 cm³/mol. The molecule has 2 aliphatic heterocycles. The van der Waals surface area contributed by atoms with Gasteiger partial charge in [-0.1, -0.05) is 6.58 Å². The third-order valence-corrected chi connectivity index (χ3v) is 6.98. The Kier molecular flexibility index (Phi) is 6.85. The number of hydrogen-bond donors (Lipinski definition) is 2. The van der Waals surface area contributed by atoms with Crippen LogP contribution < -0.4 is 25.3 Å². The Morgan fingerprint density at radius 2 is 1.95 bits per heavy atom. The number of amides is 1. The second kappa shape index (κ2) is 10.8. The Balaban J connectivity index is 1.36. The number of hydrogen-bond acceptors (Lipinski definition) is 11. The Morgan fingerprint density at radius 3 is 2.73 bits per heavy atom. The van der Waals surface area contributed by atoms with Crippen molar-refractivity contribution in [1.82, 2.24) is 24.8 Å². The van der Waals surface area contributed by atoms with Gasteiger partial charge in [-0.05, 0) is 49.2 Å². The lowest BCUT2D eigenvalue weighted by molar-refractivity contribution is -0.191. The summed E-state index contributed by atoms with van der Waals surface area (Å²) in [6.45, 7) is 4.44. The highest BCUT2D eigenvalue weighted by atomic mass is 16.7. The summed E-state index contributed by atoms with van der Waals surface area (Å²) in [6, 6.07) is 10.1. The minimum absolute atomic E-state index is 0.0331. The molecule has 0 aliphatic carbocycles. The smallest absolute Gasteiger partial charge is 0.349 e. The van der Waals surface area contributed by atoms with Crippen LogP contribution in [0.1, 0.15) is 29.2 Å². The number of carbonyl (C=O) groups excluding carboxylic acids is 2. The fraction of sp³-hybridized carbons (Fsp3) is 0.250. The lowest BCUT2D eigenvalue weighted by Gasteiger charge is -2.31. The van der Waals surface area contributed by atoms with E-state index in [4.69, 9.17) is 29.9 Å². The average Bonchev–Trinajstić information content (AvgIpc) is 3.64. The van der Waals surface area contributed by atoms with Crippen LogP contribution in [0.2, 0.25) is 0 Å². The Labute approximate surface area is 234 Å². The molecule has 2 aromatic heterocycles. The minimum atomic E-state index is -0.518. The third-order valence-electron chi connectivity index (χ3n) is 6.98. The normalized spacial score (nSPS) is 16.4. The second-order valence-corrected chi connectivity index (χ2v) is 9.46. The predicted octanol–water partition coefficient (Wildman–Crippen LogP) is 3.35. The summed E-state index contributed by atoms with van der Waals surface area (Å²) >= 11 is 0. The van der Waals surface area contributed by atoms with E-state index in [1.54, 1.807) is 53.3 Å². The molecular formula is C28H27N7O6. The third kappa shape index (κ3) is 4.87. The molecule has 210 valence electrons. The highest BCUT2D eigenvalue weighted by Crippen LogP contribution is 2.48. The summed E-state index contributed by atoms with van der Waals surface area (Å²) in [7, 11) is 1.56. The van der Waals surface area contributed by atoms with E-state index < -0.39 is 5.97 Å². The SMILES string of the molecule is C=CC(=O)ON1CCC[C@@H](n2nc(-c3ccc(NC(=O)c4ccc(OC)cc4)c4c3OCO4)c3c(N)ncnc32)C1. The lowest BCUT2D eigenvalue weighted by Crippen LogP contribution is -2.38. The van der Waals surface area contributed by atoms with Crippen molar-refractivity contribution in [3.8, 4) is 28.5 Å². The first-order valence-electron chi connectivity index (χ1n) is 12.9. The Morgan fingerprint density at radius 1 is 1.15 bits per heavy atom. The number of anilines is 2. The summed E-state index contributed by atoms with van der Waals surface area (Å²) < 4.78 is 18.6. The van der Waals surface area contributed by atoms with Crippen LogP contribution in [0.5, 0.6) is 17.2 Å². The highest BCUT2D eigenvalue weighted by molar-refractivity contribution is 6.06. The van der Waals surface area contributed by atoms with Gasteiger partial charge in [0, 0.05) is 23.7 Å². The van der Waals surface area contributed by atoms with E-state index in [0.717, 1.165) is 18.9 Å².